The third-order valence-corrected chi connectivity index (χ3v) is 9.11. The number of nitrogens with one attached hydrogen (secondary N) is 1. The first-order chi connectivity index (χ1) is 15.8. The summed E-state index contributed by atoms with van der Waals surface area (Å²) < 4.78 is 31.3. The zero-order valence-electron chi connectivity index (χ0n) is 18.3. The van der Waals surface area contributed by atoms with Crippen LogP contribution in [0.15, 0.2) is 24.7 Å². The first-order valence-corrected chi connectivity index (χ1v) is 13.4. The van der Waals surface area contributed by atoms with Gasteiger partial charge in [0.05, 0.1) is 0 Å². The first-order valence-electron chi connectivity index (χ1n) is 11.1. The van der Waals surface area contributed by atoms with Gasteiger partial charge in [0.1, 0.15) is 0 Å². The molecule has 33 heavy (non-hydrogen) atoms. The number of alkyl halides is 1. The van der Waals surface area contributed by atoms with E-state index in [9.17, 15) is 18.7 Å². The van der Waals surface area contributed by atoms with Crippen molar-refractivity contribution >= 4 is 22.8 Å². The normalized spacial score (nSPS) is 24.6. The fourth-order valence-electron chi connectivity index (χ4n) is 5.28. The van der Waals surface area contributed by atoms with E-state index >= 15 is 0 Å². The van der Waals surface area contributed by atoms with Crippen LogP contribution in [-0.4, -0.2) is 38.8 Å². The molecule has 3 aliphatic rings. The molecule has 3 saturated carbocycles. The number of fused-ring (bicyclic) bond motifs is 4. The SMILES string of the molecule is CC(C)[I-]n1cc(-c2ncc(F)c(N[C@H]3C4CCC(CC4)[C@@H]3C(=O)O)n2)c2cc(F)cnc21. The Balaban J connectivity index is 1.54. The van der Waals surface area contributed by atoms with Crippen LogP contribution in [-0.2, 0) is 4.79 Å². The van der Waals surface area contributed by atoms with Gasteiger partial charge in [0.2, 0.25) is 0 Å². The van der Waals surface area contributed by atoms with Crippen molar-refractivity contribution in [3.8, 4) is 11.4 Å². The van der Waals surface area contributed by atoms with Gasteiger partial charge in [0.15, 0.2) is 0 Å². The molecule has 0 unspecified atom stereocenters. The molecule has 3 aliphatic carbocycles. The predicted octanol–water partition coefficient (Wildman–Crippen LogP) is 1.33. The van der Waals surface area contributed by atoms with Gasteiger partial charge in [0, 0.05) is 0 Å². The second-order valence-electron chi connectivity index (χ2n) is 9.09. The topological polar surface area (TPSA) is 92.9 Å². The molecule has 0 radical (unpaired) electrons. The standard InChI is InChI=1S/C23H25F2IN5O2/c1-11(2)26-31-10-16(15-7-14(24)8-28-22(15)31)20-27-9-17(25)21(30-20)29-19-13-5-3-12(4-6-13)18(19)23(32)33/h7-13,18-19H,3-6H2,1-2H3,(H,32,33)(H,27,29,30)/q-1/t12?,13?,18-,19-/m0/s1. The van der Waals surface area contributed by atoms with E-state index < -0.39 is 45.0 Å². The molecular weight excluding hydrogens is 543 g/mol. The number of halogens is 3. The number of pyridine rings is 1. The Kier molecular flexibility index (Phi) is 5.96. The summed E-state index contributed by atoms with van der Waals surface area (Å²) in [6, 6.07) is 1.03. The molecule has 3 fully saturated rings. The van der Waals surface area contributed by atoms with Gasteiger partial charge in [-0.3, -0.25) is 0 Å². The van der Waals surface area contributed by atoms with Crippen LogP contribution in [0.3, 0.4) is 0 Å². The second-order valence-corrected chi connectivity index (χ2v) is 13.2. The average molecular weight is 568 g/mol. The number of nitrogens with zero attached hydrogens (tertiary/aromatic N) is 4. The van der Waals surface area contributed by atoms with Crippen molar-refractivity contribution in [1.82, 2.24) is 17.7 Å². The zero-order chi connectivity index (χ0) is 23.3. The second kappa shape index (κ2) is 8.77. The molecule has 2 bridgehead atoms. The van der Waals surface area contributed by atoms with E-state index in [0.717, 1.165) is 31.9 Å². The summed E-state index contributed by atoms with van der Waals surface area (Å²) in [5, 5.41) is 13.5. The zero-order valence-corrected chi connectivity index (χ0v) is 20.5. The van der Waals surface area contributed by atoms with Crippen molar-refractivity contribution < 1.29 is 40.2 Å². The van der Waals surface area contributed by atoms with E-state index in [1.165, 1.54) is 12.3 Å². The molecule has 3 heterocycles. The van der Waals surface area contributed by atoms with Crippen LogP contribution in [0.5, 0.6) is 0 Å². The van der Waals surface area contributed by atoms with Crippen LogP contribution >= 0.6 is 0 Å². The van der Waals surface area contributed by atoms with Gasteiger partial charge in [-0.05, 0) is 0 Å². The average Bonchev–Trinajstić information content (AvgIpc) is 3.12. The summed E-state index contributed by atoms with van der Waals surface area (Å²) in [5.74, 6) is -1.99. The fraction of sp³-hybridized carbons (Fsp3) is 0.478. The van der Waals surface area contributed by atoms with Gasteiger partial charge in [-0.15, -0.1) is 0 Å². The Morgan fingerprint density at radius 2 is 1.91 bits per heavy atom. The van der Waals surface area contributed by atoms with Crippen LogP contribution in [0.25, 0.3) is 22.4 Å². The van der Waals surface area contributed by atoms with Gasteiger partial charge in [-0.25, -0.2) is 0 Å². The maximum absolute atomic E-state index is 14.8. The molecule has 6 rings (SSSR count). The third kappa shape index (κ3) is 4.17. The molecule has 176 valence electrons. The summed E-state index contributed by atoms with van der Waals surface area (Å²) in [6.45, 7) is 4.24. The van der Waals surface area contributed by atoms with Gasteiger partial charge in [-0.1, -0.05) is 0 Å². The number of carboxylic acids is 1. The first kappa shape index (κ1) is 22.4. The summed E-state index contributed by atoms with van der Waals surface area (Å²) in [4.78, 5) is 24.9. The molecule has 2 N–H and O–H groups in total. The van der Waals surface area contributed by atoms with Gasteiger partial charge in [0.25, 0.3) is 0 Å². The summed E-state index contributed by atoms with van der Waals surface area (Å²) in [7, 11) is 0. The Hall–Kier alpha value is -2.37. The molecular formula is C23H25F2IN5O2-. The van der Waals surface area contributed by atoms with Gasteiger partial charge < -0.3 is 0 Å². The molecule has 2 atom stereocenters. The Morgan fingerprint density at radius 3 is 2.61 bits per heavy atom. The Labute approximate surface area is 200 Å². The van der Waals surface area contributed by atoms with Crippen molar-refractivity contribution in [3.05, 3.63) is 36.3 Å². The van der Waals surface area contributed by atoms with Crippen molar-refractivity contribution in [2.24, 2.45) is 17.8 Å². The summed E-state index contributed by atoms with van der Waals surface area (Å²) in [5.41, 5.74) is 1.24. The van der Waals surface area contributed by atoms with Crippen molar-refractivity contribution in [3.63, 3.8) is 0 Å². The van der Waals surface area contributed by atoms with Crippen LogP contribution in [0.4, 0.5) is 14.6 Å². The number of carboxylic acid groups (broad SMARTS) is 1. The van der Waals surface area contributed by atoms with Gasteiger partial charge in [-0.2, -0.15) is 0 Å². The van der Waals surface area contributed by atoms with E-state index in [4.69, 9.17) is 0 Å². The van der Waals surface area contributed by atoms with Crippen LogP contribution in [0.1, 0.15) is 39.5 Å². The van der Waals surface area contributed by atoms with E-state index in [-0.39, 0.29) is 29.5 Å². The minimum atomic E-state index is -0.848. The molecule has 3 aromatic rings. The number of aromatic nitrogens is 4. The number of aliphatic carboxylic acids is 1. The third-order valence-electron chi connectivity index (χ3n) is 6.66. The van der Waals surface area contributed by atoms with E-state index in [1.807, 2.05) is 8.98 Å². The van der Waals surface area contributed by atoms with Crippen LogP contribution in [0.2, 0.25) is 0 Å². The molecule has 0 saturated heterocycles. The predicted molar refractivity (Wildman–Crippen MR) is 115 cm³/mol. The van der Waals surface area contributed by atoms with Crippen LogP contribution < -0.4 is 26.8 Å². The minimum absolute atomic E-state index is 0.00683. The fourth-order valence-corrected chi connectivity index (χ4v) is 7.56. The molecule has 0 amide bonds. The van der Waals surface area contributed by atoms with Crippen molar-refractivity contribution in [1.29, 1.82) is 0 Å². The Bertz CT molecular complexity index is 1210. The molecule has 10 heteroatoms. The number of rotatable bonds is 6. The summed E-state index contributed by atoms with van der Waals surface area (Å²) in [6.07, 6.45) is 7.81. The molecule has 0 aliphatic heterocycles. The number of hydrogen-bond acceptors (Lipinski definition) is 5. The van der Waals surface area contributed by atoms with Crippen LogP contribution in [0, 0.1) is 29.4 Å². The van der Waals surface area contributed by atoms with E-state index in [0.29, 0.717) is 20.5 Å². The number of hydrogen-bond donors (Lipinski definition) is 2. The van der Waals surface area contributed by atoms with Gasteiger partial charge >= 0.3 is 201 Å². The molecule has 7 nitrogen and oxygen atoms in total. The Morgan fingerprint density at radius 1 is 1.18 bits per heavy atom. The van der Waals surface area contributed by atoms with Crippen molar-refractivity contribution in [2.45, 2.75) is 49.5 Å². The maximum atomic E-state index is 14.8. The van der Waals surface area contributed by atoms with Crippen molar-refractivity contribution in [2.75, 3.05) is 5.32 Å². The van der Waals surface area contributed by atoms with E-state index in [2.05, 4.69) is 34.1 Å². The molecule has 0 spiro atoms. The van der Waals surface area contributed by atoms with E-state index in [1.54, 1.807) is 0 Å². The monoisotopic (exact) mass is 568 g/mol. The summed E-state index contributed by atoms with van der Waals surface area (Å²) >= 11 is -0.441. The number of carbonyl (C=O) groups is 1. The quantitative estimate of drug-likeness (QED) is 0.345. The molecule has 3 aromatic heterocycles. The molecule has 0 aromatic carbocycles. The number of anilines is 1.